The number of amides is 1. The van der Waals surface area contributed by atoms with Crippen molar-refractivity contribution in [1.29, 1.82) is 0 Å². The predicted octanol–water partition coefficient (Wildman–Crippen LogP) is 1.29. The van der Waals surface area contributed by atoms with Gasteiger partial charge in [-0.1, -0.05) is 11.6 Å². The fraction of sp³-hybridized carbons (Fsp3) is 0.533. The van der Waals surface area contributed by atoms with Crippen LogP contribution in [0.2, 0.25) is 5.02 Å². The van der Waals surface area contributed by atoms with E-state index in [0.29, 0.717) is 24.7 Å². The van der Waals surface area contributed by atoms with Gasteiger partial charge in [0.25, 0.3) is 0 Å². The topological polar surface area (TPSA) is 61.8 Å². The molecule has 1 fully saturated rings. The maximum Gasteiger partial charge on any atom is 0.234 e. The monoisotopic (exact) mass is 312 g/mol. The molecule has 1 unspecified atom stereocenters. The SMILES string of the molecule is O=C(CN1CCCC1CO)NCCOc1ccc(Cl)cc1. The van der Waals surface area contributed by atoms with E-state index in [9.17, 15) is 9.90 Å². The Labute approximate surface area is 129 Å². The van der Waals surface area contributed by atoms with E-state index in [0.717, 1.165) is 25.1 Å². The second-order valence-corrected chi connectivity index (χ2v) is 5.54. The highest BCUT2D eigenvalue weighted by Gasteiger charge is 2.25. The number of rotatable bonds is 7. The summed E-state index contributed by atoms with van der Waals surface area (Å²) in [5.41, 5.74) is 0. The van der Waals surface area contributed by atoms with Crippen molar-refractivity contribution in [2.24, 2.45) is 0 Å². The number of nitrogens with zero attached hydrogens (tertiary/aromatic N) is 1. The summed E-state index contributed by atoms with van der Waals surface area (Å²) in [6, 6.07) is 7.23. The van der Waals surface area contributed by atoms with Gasteiger partial charge in [-0.05, 0) is 43.7 Å². The molecule has 1 atom stereocenters. The van der Waals surface area contributed by atoms with Gasteiger partial charge < -0.3 is 15.2 Å². The number of hydrogen-bond donors (Lipinski definition) is 2. The van der Waals surface area contributed by atoms with Crippen molar-refractivity contribution >= 4 is 17.5 Å². The molecule has 21 heavy (non-hydrogen) atoms. The quantitative estimate of drug-likeness (QED) is 0.745. The van der Waals surface area contributed by atoms with Gasteiger partial charge in [0.15, 0.2) is 0 Å². The van der Waals surface area contributed by atoms with Crippen molar-refractivity contribution in [1.82, 2.24) is 10.2 Å². The molecular formula is C15H21ClN2O3. The molecule has 2 rings (SSSR count). The van der Waals surface area contributed by atoms with Gasteiger partial charge in [0.2, 0.25) is 5.91 Å². The average molecular weight is 313 g/mol. The highest BCUT2D eigenvalue weighted by Crippen LogP contribution is 2.16. The maximum atomic E-state index is 11.8. The minimum Gasteiger partial charge on any atom is -0.492 e. The van der Waals surface area contributed by atoms with Crippen LogP contribution in [0.1, 0.15) is 12.8 Å². The number of likely N-dealkylation sites (tertiary alicyclic amines) is 1. The molecule has 0 saturated carbocycles. The zero-order valence-corrected chi connectivity index (χ0v) is 12.7. The van der Waals surface area contributed by atoms with Crippen LogP contribution in [-0.2, 0) is 4.79 Å². The van der Waals surface area contributed by atoms with Crippen molar-refractivity contribution < 1.29 is 14.6 Å². The van der Waals surface area contributed by atoms with Gasteiger partial charge in [-0.3, -0.25) is 9.69 Å². The Morgan fingerprint density at radius 1 is 1.43 bits per heavy atom. The van der Waals surface area contributed by atoms with Gasteiger partial charge in [-0.15, -0.1) is 0 Å². The highest BCUT2D eigenvalue weighted by atomic mass is 35.5. The molecule has 1 aliphatic rings. The van der Waals surface area contributed by atoms with Crippen LogP contribution >= 0.6 is 11.6 Å². The lowest BCUT2D eigenvalue weighted by molar-refractivity contribution is -0.122. The van der Waals surface area contributed by atoms with Crippen molar-refractivity contribution in [3.05, 3.63) is 29.3 Å². The van der Waals surface area contributed by atoms with Crippen molar-refractivity contribution in [2.45, 2.75) is 18.9 Å². The van der Waals surface area contributed by atoms with E-state index in [2.05, 4.69) is 5.32 Å². The van der Waals surface area contributed by atoms with Crippen LogP contribution in [0.4, 0.5) is 0 Å². The van der Waals surface area contributed by atoms with E-state index < -0.39 is 0 Å². The molecule has 2 N–H and O–H groups in total. The molecule has 0 aromatic heterocycles. The van der Waals surface area contributed by atoms with Gasteiger partial charge in [0.05, 0.1) is 19.7 Å². The number of nitrogens with one attached hydrogen (secondary N) is 1. The zero-order chi connectivity index (χ0) is 15.1. The number of aliphatic hydroxyl groups excluding tert-OH is 1. The number of carbonyl (C=O) groups excluding carboxylic acids is 1. The molecule has 116 valence electrons. The van der Waals surface area contributed by atoms with E-state index >= 15 is 0 Å². The largest absolute Gasteiger partial charge is 0.492 e. The van der Waals surface area contributed by atoms with Gasteiger partial charge >= 0.3 is 0 Å². The van der Waals surface area contributed by atoms with E-state index in [1.54, 1.807) is 24.3 Å². The van der Waals surface area contributed by atoms with Crippen LogP contribution in [0.5, 0.6) is 5.75 Å². The molecule has 0 bridgehead atoms. The van der Waals surface area contributed by atoms with Crippen LogP contribution in [0.15, 0.2) is 24.3 Å². The van der Waals surface area contributed by atoms with E-state index in [1.807, 2.05) is 4.90 Å². The van der Waals surface area contributed by atoms with Crippen molar-refractivity contribution in [3.8, 4) is 5.75 Å². The normalized spacial score (nSPS) is 18.7. The second kappa shape index (κ2) is 8.22. The van der Waals surface area contributed by atoms with Crippen LogP contribution in [0.3, 0.4) is 0 Å². The summed E-state index contributed by atoms with van der Waals surface area (Å²) in [5.74, 6) is 0.698. The molecule has 0 aliphatic carbocycles. The number of carbonyl (C=O) groups is 1. The highest BCUT2D eigenvalue weighted by molar-refractivity contribution is 6.30. The molecule has 1 aromatic carbocycles. The Balaban J connectivity index is 1.62. The van der Waals surface area contributed by atoms with Gasteiger partial charge in [-0.2, -0.15) is 0 Å². The third-order valence-corrected chi connectivity index (χ3v) is 3.82. The molecule has 6 heteroatoms. The molecular weight excluding hydrogens is 292 g/mol. The number of hydrogen-bond acceptors (Lipinski definition) is 4. The van der Waals surface area contributed by atoms with Crippen LogP contribution in [0.25, 0.3) is 0 Å². The summed E-state index contributed by atoms with van der Waals surface area (Å²) in [6.45, 7) is 2.20. The first-order valence-electron chi connectivity index (χ1n) is 7.19. The molecule has 1 amide bonds. The minimum absolute atomic E-state index is 0.0324. The minimum atomic E-state index is -0.0324. The lowest BCUT2D eigenvalue weighted by atomic mass is 10.2. The summed E-state index contributed by atoms with van der Waals surface area (Å²) in [7, 11) is 0. The number of aliphatic hydroxyl groups is 1. The van der Waals surface area contributed by atoms with E-state index in [-0.39, 0.29) is 18.6 Å². The van der Waals surface area contributed by atoms with E-state index in [1.165, 1.54) is 0 Å². The van der Waals surface area contributed by atoms with Gasteiger partial charge in [-0.25, -0.2) is 0 Å². The molecule has 5 nitrogen and oxygen atoms in total. The smallest absolute Gasteiger partial charge is 0.234 e. The molecule has 1 aromatic rings. The van der Waals surface area contributed by atoms with Crippen molar-refractivity contribution in [2.75, 3.05) is 32.8 Å². The number of ether oxygens (including phenoxy) is 1. The zero-order valence-electron chi connectivity index (χ0n) is 11.9. The standard InChI is InChI=1S/C15H21ClN2O3/c16-12-3-5-14(6-4-12)21-9-7-17-15(20)10-18-8-1-2-13(18)11-19/h3-6,13,19H,1-2,7-11H2,(H,17,20). The van der Waals surface area contributed by atoms with E-state index in [4.69, 9.17) is 16.3 Å². The average Bonchev–Trinajstić information content (AvgIpc) is 2.92. The van der Waals surface area contributed by atoms with Crippen molar-refractivity contribution in [3.63, 3.8) is 0 Å². The molecule has 1 aliphatic heterocycles. The van der Waals surface area contributed by atoms with Crippen LogP contribution < -0.4 is 10.1 Å². The maximum absolute atomic E-state index is 11.8. The number of benzene rings is 1. The Bertz CT molecular complexity index is 453. The third kappa shape index (κ3) is 5.19. The van der Waals surface area contributed by atoms with Gasteiger partial charge in [0, 0.05) is 11.1 Å². The van der Waals surface area contributed by atoms with Gasteiger partial charge in [0.1, 0.15) is 12.4 Å². The second-order valence-electron chi connectivity index (χ2n) is 5.10. The Kier molecular flexibility index (Phi) is 6.29. The number of halogens is 1. The first-order chi connectivity index (χ1) is 10.2. The summed E-state index contributed by atoms with van der Waals surface area (Å²) in [4.78, 5) is 13.8. The summed E-state index contributed by atoms with van der Waals surface area (Å²) in [6.07, 6.45) is 2.00. The molecule has 0 spiro atoms. The molecule has 0 radical (unpaired) electrons. The fourth-order valence-corrected chi connectivity index (χ4v) is 2.57. The third-order valence-electron chi connectivity index (χ3n) is 3.56. The molecule has 1 saturated heterocycles. The molecule has 1 heterocycles. The first kappa shape index (κ1) is 16.1. The van der Waals surface area contributed by atoms with Crippen LogP contribution in [-0.4, -0.2) is 54.8 Å². The first-order valence-corrected chi connectivity index (χ1v) is 7.57. The fourth-order valence-electron chi connectivity index (χ4n) is 2.44. The Morgan fingerprint density at radius 3 is 2.90 bits per heavy atom. The summed E-state index contributed by atoms with van der Waals surface area (Å²) >= 11 is 5.78. The summed E-state index contributed by atoms with van der Waals surface area (Å²) in [5, 5.41) is 12.7. The summed E-state index contributed by atoms with van der Waals surface area (Å²) < 4.78 is 5.50. The lowest BCUT2D eigenvalue weighted by Gasteiger charge is -2.21. The lowest BCUT2D eigenvalue weighted by Crippen LogP contribution is -2.42. The Morgan fingerprint density at radius 2 is 2.19 bits per heavy atom. The predicted molar refractivity (Wildman–Crippen MR) is 81.6 cm³/mol. The van der Waals surface area contributed by atoms with Crippen LogP contribution in [0, 0.1) is 0 Å². The Hall–Kier alpha value is -1.30.